The van der Waals surface area contributed by atoms with Gasteiger partial charge in [-0.3, -0.25) is 9.69 Å². The zero-order valence-corrected chi connectivity index (χ0v) is 14.0. The molecular weight excluding hydrogens is 300 g/mol. The molecule has 1 aromatic carbocycles. The van der Waals surface area contributed by atoms with E-state index in [1.54, 1.807) is 6.20 Å². The number of nitrogens with zero attached hydrogens (tertiary/aromatic N) is 3. The molecule has 5 nitrogen and oxygen atoms in total. The van der Waals surface area contributed by atoms with Gasteiger partial charge in [0.05, 0.1) is 17.2 Å². The highest BCUT2D eigenvalue weighted by molar-refractivity contribution is 5.95. The van der Waals surface area contributed by atoms with Gasteiger partial charge in [-0.15, -0.1) is 0 Å². The quantitative estimate of drug-likeness (QED) is 0.944. The van der Waals surface area contributed by atoms with Crippen molar-refractivity contribution < 1.29 is 4.79 Å². The van der Waals surface area contributed by atoms with Gasteiger partial charge >= 0.3 is 0 Å². The maximum absolute atomic E-state index is 12.6. The molecule has 5 heteroatoms. The molecule has 0 aliphatic carbocycles. The van der Waals surface area contributed by atoms with Crippen LogP contribution in [0.4, 0.5) is 0 Å². The summed E-state index contributed by atoms with van der Waals surface area (Å²) in [6.07, 6.45) is 4.63. The summed E-state index contributed by atoms with van der Waals surface area (Å²) in [6, 6.07) is 9.88. The molecule has 1 aromatic heterocycles. The first-order valence-electron chi connectivity index (χ1n) is 8.31. The van der Waals surface area contributed by atoms with Crippen molar-refractivity contribution in [3.8, 4) is 6.07 Å². The van der Waals surface area contributed by atoms with Crippen molar-refractivity contribution >= 4 is 5.91 Å². The molecule has 1 amide bonds. The molecule has 0 atom stereocenters. The number of carbonyl (C=O) groups excluding carboxylic acids is 1. The fourth-order valence-corrected chi connectivity index (χ4v) is 3.12. The number of aromatic nitrogens is 1. The van der Waals surface area contributed by atoms with Gasteiger partial charge in [0.25, 0.3) is 5.91 Å². The number of carbonyl (C=O) groups is 1. The monoisotopic (exact) mass is 322 g/mol. The van der Waals surface area contributed by atoms with E-state index in [4.69, 9.17) is 5.26 Å². The van der Waals surface area contributed by atoms with Crippen LogP contribution in [0.3, 0.4) is 0 Å². The molecule has 0 unspecified atom stereocenters. The van der Waals surface area contributed by atoms with Crippen LogP contribution in [0.1, 0.15) is 33.5 Å². The number of nitrogens with one attached hydrogen (secondary N) is 1. The lowest BCUT2D eigenvalue weighted by atomic mass is 10.1. The van der Waals surface area contributed by atoms with Gasteiger partial charge < -0.3 is 9.88 Å². The molecular formula is C19H22N4O. The number of H-pyrrole nitrogens is 1. The van der Waals surface area contributed by atoms with Gasteiger partial charge in [-0.1, -0.05) is 12.1 Å². The summed E-state index contributed by atoms with van der Waals surface area (Å²) in [6.45, 7) is 6.22. The second-order valence-corrected chi connectivity index (χ2v) is 6.28. The molecule has 1 aliphatic rings. The lowest BCUT2D eigenvalue weighted by molar-refractivity contribution is 0.0760. The van der Waals surface area contributed by atoms with Crippen LogP contribution in [0.25, 0.3) is 0 Å². The SMILES string of the molecule is Cc1c[nH]cc1C(=O)N1CCCN(Cc2ccc(C#N)cc2)CC1. The predicted octanol–water partition coefficient (Wildman–Crippen LogP) is 2.54. The summed E-state index contributed by atoms with van der Waals surface area (Å²) >= 11 is 0. The Morgan fingerprint density at radius 3 is 2.62 bits per heavy atom. The van der Waals surface area contributed by atoms with Crippen LogP contribution in [-0.2, 0) is 6.54 Å². The largest absolute Gasteiger partial charge is 0.367 e. The van der Waals surface area contributed by atoms with Gasteiger partial charge in [-0.05, 0) is 36.6 Å². The van der Waals surface area contributed by atoms with E-state index in [2.05, 4.69) is 16.0 Å². The number of hydrogen-bond acceptors (Lipinski definition) is 3. The molecule has 3 rings (SSSR count). The van der Waals surface area contributed by atoms with E-state index >= 15 is 0 Å². The Kier molecular flexibility index (Phi) is 4.97. The van der Waals surface area contributed by atoms with Crippen LogP contribution < -0.4 is 0 Å². The van der Waals surface area contributed by atoms with E-state index in [9.17, 15) is 4.79 Å². The number of aromatic amines is 1. The molecule has 0 radical (unpaired) electrons. The zero-order chi connectivity index (χ0) is 16.9. The maximum atomic E-state index is 12.6. The lowest BCUT2D eigenvalue weighted by Crippen LogP contribution is -2.35. The highest BCUT2D eigenvalue weighted by atomic mass is 16.2. The van der Waals surface area contributed by atoms with E-state index in [0.717, 1.165) is 50.3 Å². The van der Waals surface area contributed by atoms with Gasteiger partial charge in [0.1, 0.15) is 0 Å². The van der Waals surface area contributed by atoms with Crippen molar-refractivity contribution in [2.24, 2.45) is 0 Å². The van der Waals surface area contributed by atoms with Gasteiger partial charge in [0.15, 0.2) is 0 Å². The molecule has 1 aliphatic heterocycles. The summed E-state index contributed by atoms with van der Waals surface area (Å²) < 4.78 is 0. The molecule has 0 saturated carbocycles. The molecule has 2 aromatic rings. The summed E-state index contributed by atoms with van der Waals surface area (Å²) in [5, 5.41) is 8.87. The Morgan fingerprint density at radius 2 is 1.96 bits per heavy atom. The van der Waals surface area contributed by atoms with Crippen LogP contribution in [0.15, 0.2) is 36.7 Å². The fraction of sp³-hybridized carbons (Fsp3) is 0.368. The Bertz CT molecular complexity index is 741. The normalized spacial score (nSPS) is 15.8. The minimum absolute atomic E-state index is 0.119. The van der Waals surface area contributed by atoms with E-state index in [-0.39, 0.29) is 5.91 Å². The number of aryl methyl sites for hydroxylation is 1. The van der Waals surface area contributed by atoms with Gasteiger partial charge in [-0.2, -0.15) is 5.26 Å². The van der Waals surface area contributed by atoms with Crippen LogP contribution in [0.2, 0.25) is 0 Å². The topological polar surface area (TPSA) is 63.1 Å². The molecule has 0 spiro atoms. The van der Waals surface area contributed by atoms with Crippen LogP contribution in [0.5, 0.6) is 0 Å². The average Bonchev–Trinajstić information content (AvgIpc) is 2.89. The Balaban J connectivity index is 1.59. The summed E-state index contributed by atoms with van der Waals surface area (Å²) in [7, 11) is 0. The van der Waals surface area contributed by atoms with Crippen molar-refractivity contribution in [1.82, 2.24) is 14.8 Å². The standard InChI is InChI=1S/C19H22N4O/c1-15-12-21-13-18(15)19(24)23-8-2-7-22(9-10-23)14-17-5-3-16(11-20)4-6-17/h3-6,12-13,21H,2,7-10,14H2,1H3. The van der Waals surface area contributed by atoms with Crippen molar-refractivity contribution in [2.75, 3.05) is 26.2 Å². The maximum Gasteiger partial charge on any atom is 0.255 e. The Hall–Kier alpha value is -2.58. The third-order valence-electron chi connectivity index (χ3n) is 4.55. The second-order valence-electron chi connectivity index (χ2n) is 6.28. The van der Waals surface area contributed by atoms with Gasteiger partial charge in [0, 0.05) is 45.1 Å². The Morgan fingerprint density at radius 1 is 1.17 bits per heavy atom. The molecule has 1 saturated heterocycles. The molecule has 1 N–H and O–H groups in total. The number of nitriles is 1. The van der Waals surface area contributed by atoms with E-state index < -0.39 is 0 Å². The Labute approximate surface area is 142 Å². The van der Waals surface area contributed by atoms with Crippen molar-refractivity contribution in [1.29, 1.82) is 5.26 Å². The number of benzene rings is 1. The van der Waals surface area contributed by atoms with E-state index in [0.29, 0.717) is 5.56 Å². The minimum atomic E-state index is 0.119. The number of rotatable bonds is 3. The summed E-state index contributed by atoms with van der Waals surface area (Å²) in [5.74, 6) is 0.119. The number of amides is 1. The molecule has 1 fully saturated rings. The molecule has 24 heavy (non-hydrogen) atoms. The van der Waals surface area contributed by atoms with Gasteiger partial charge in [0.2, 0.25) is 0 Å². The highest BCUT2D eigenvalue weighted by Crippen LogP contribution is 2.14. The minimum Gasteiger partial charge on any atom is -0.367 e. The average molecular weight is 322 g/mol. The first-order valence-corrected chi connectivity index (χ1v) is 8.31. The lowest BCUT2D eigenvalue weighted by Gasteiger charge is -2.22. The molecule has 124 valence electrons. The van der Waals surface area contributed by atoms with Crippen LogP contribution >= 0.6 is 0 Å². The third-order valence-corrected chi connectivity index (χ3v) is 4.55. The molecule has 0 bridgehead atoms. The van der Waals surface area contributed by atoms with Crippen molar-refractivity contribution in [3.05, 3.63) is 58.9 Å². The first kappa shape index (κ1) is 16.3. The van der Waals surface area contributed by atoms with Crippen molar-refractivity contribution in [2.45, 2.75) is 19.9 Å². The van der Waals surface area contributed by atoms with E-state index in [1.807, 2.05) is 42.3 Å². The fourth-order valence-electron chi connectivity index (χ4n) is 3.12. The van der Waals surface area contributed by atoms with Gasteiger partial charge in [-0.25, -0.2) is 0 Å². The smallest absolute Gasteiger partial charge is 0.255 e. The van der Waals surface area contributed by atoms with E-state index in [1.165, 1.54) is 5.56 Å². The van der Waals surface area contributed by atoms with Crippen molar-refractivity contribution in [3.63, 3.8) is 0 Å². The third kappa shape index (κ3) is 3.66. The van der Waals surface area contributed by atoms with Crippen LogP contribution in [0, 0.1) is 18.3 Å². The predicted molar refractivity (Wildman–Crippen MR) is 92.5 cm³/mol. The van der Waals surface area contributed by atoms with Crippen LogP contribution in [-0.4, -0.2) is 46.9 Å². The highest BCUT2D eigenvalue weighted by Gasteiger charge is 2.21. The second kappa shape index (κ2) is 7.33. The molecule has 2 heterocycles. The number of hydrogen-bond donors (Lipinski definition) is 1. The summed E-state index contributed by atoms with van der Waals surface area (Å²) in [4.78, 5) is 20.0. The first-order chi connectivity index (χ1) is 11.7. The summed E-state index contributed by atoms with van der Waals surface area (Å²) in [5.41, 5.74) is 3.66. The zero-order valence-electron chi connectivity index (χ0n) is 14.0.